The van der Waals surface area contributed by atoms with Crippen LogP contribution in [-0.4, -0.2) is 19.6 Å². The van der Waals surface area contributed by atoms with Gasteiger partial charge in [-0.1, -0.05) is 15.9 Å². The van der Waals surface area contributed by atoms with Crippen molar-refractivity contribution in [2.24, 2.45) is 0 Å². The van der Waals surface area contributed by atoms with Gasteiger partial charge in [0.1, 0.15) is 5.82 Å². The van der Waals surface area contributed by atoms with E-state index < -0.39 is 0 Å². The van der Waals surface area contributed by atoms with Crippen molar-refractivity contribution in [3.63, 3.8) is 0 Å². The van der Waals surface area contributed by atoms with E-state index in [-0.39, 0.29) is 0 Å². The van der Waals surface area contributed by atoms with Crippen LogP contribution >= 0.6 is 32.1 Å². The van der Waals surface area contributed by atoms with Crippen LogP contribution in [0.1, 0.15) is 35.7 Å². The Kier molecular flexibility index (Phi) is 5.47. The molecule has 0 bridgehead atoms. The molecular weight excluding hydrogens is 436 g/mol. The fraction of sp³-hybridized carbons (Fsp3) is 0.312. The van der Waals surface area contributed by atoms with Gasteiger partial charge in [0.15, 0.2) is 5.65 Å². The zero-order chi connectivity index (χ0) is 17.1. The van der Waals surface area contributed by atoms with Crippen LogP contribution in [0.2, 0.25) is 0 Å². The fourth-order valence-electron chi connectivity index (χ4n) is 2.36. The van der Waals surface area contributed by atoms with Crippen molar-refractivity contribution in [2.45, 2.75) is 32.6 Å². The third-order valence-electron chi connectivity index (χ3n) is 3.93. The van der Waals surface area contributed by atoms with Gasteiger partial charge in [0, 0.05) is 50.7 Å². The molecule has 0 aliphatic heterocycles. The summed E-state index contributed by atoms with van der Waals surface area (Å²) in [6.07, 6.45) is 8.10. The lowest BCUT2D eigenvalue weighted by atomic mass is 10.3. The van der Waals surface area contributed by atoms with E-state index in [2.05, 4.69) is 74.5 Å². The minimum Gasteiger partial charge on any atom is -0.311 e. The molecule has 8 heteroatoms. The quantitative estimate of drug-likeness (QED) is 0.457. The van der Waals surface area contributed by atoms with Gasteiger partial charge in [-0.05, 0) is 44.4 Å². The van der Waals surface area contributed by atoms with Crippen LogP contribution in [0.3, 0.4) is 0 Å². The standard InChI is InChI=1S/C10H10BrN3.C6H8BrN3/c1-6-8(11)4-5-14-9(6)12-13-10(14)7-2-3-7;1-5-4-8-3-2-6(5)9-10-7/h4-5,7H,2-3H2,1H3;2-4,10H,1H3,(H,8,9). The summed E-state index contributed by atoms with van der Waals surface area (Å²) in [7, 11) is 0. The number of aryl methyl sites for hydroxylation is 2. The SMILES string of the molecule is Cc1c(Br)ccn2c(C3CC3)nnc12.Cc1cnccc1NNBr. The van der Waals surface area contributed by atoms with Gasteiger partial charge in [-0.2, -0.15) is 4.45 Å². The van der Waals surface area contributed by atoms with Gasteiger partial charge in [0.25, 0.3) is 0 Å². The van der Waals surface area contributed by atoms with E-state index in [1.165, 1.54) is 12.8 Å². The van der Waals surface area contributed by atoms with Crippen molar-refractivity contribution in [1.82, 2.24) is 24.0 Å². The molecule has 0 radical (unpaired) electrons. The number of nitrogens with one attached hydrogen (secondary N) is 2. The summed E-state index contributed by atoms with van der Waals surface area (Å²) in [5.41, 5.74) is 7.16. The number of rotatable bonds is 3. The fourth-order valence-corrected chi connectivity index (χ4v) is 2.87. The van der Waals surface area contributed by atoms with E-state index in [0.29, 0.717) is 5.92 Å². The number of fused-ring (bicyclic) bond motifs is 1. The molecule has 1 saturated carbocycles. The van der Waals surface area contributed by atoms with E-state index in [9.17, 15) is 0 Å². The minimum atomic E-state index is 0.644. The highest BCUT2D eigenvalue weighted by Gasteiger charge is 2.28. The van der Waals surface area contributed by atoms with Crippen LogP contribution in [0.15, 0.2) is 35.2 Å². The summed E-state index contributed by atoms with van der Waals surface area (Å²) < 4.78 is 5.87. The minimum absolute atomic E-state index is 0.644. The lowest BCUT2D eigenvalue weighted by Gasteiger charge is -2.03. The highest BCUT2D eigenvalue weighted by molar-refractivity contribution is 9.10. The molecule has 3 aromatic heterocycles. The molecule has 3 heterocycles. The lowest BCUT2D eigenvalue weighted by molar-refractivity contribution is 0.896. The molecule has 4 rings (SSSR count). The Morgan fingerprint density at radius 3 is 2.67 bits per heavy atom. The molecule has 24 heavy (non-hydrogen) atoms. The van der Waals surface area contributed by atoms with E-state index in [1.54, 1.807) is 12.4 Å². The number of halogens is 2. The summed E-state index contributed by atoms with van der Waals surface area (Å²) in [5.74, 6) is 1.76. The van der Waals surface area contributed by atoms with Crippen molar-refractivity contribution in [2.75, 3.05) is 5.43 Å². The average molecular weight is 454 g/mol. The first-order valence-electron chi connectivity index (χ1n) is 7.63. The molecule has 3 aromatic rings. The van der Waals surface area contributed by atoms with Crippen molar-refractivity contribution >= 4 is 43.4 Å². The van der Waals surface area contributed by atoms with E-state index >= 15 is 0 Å². The maximum Gasteiger partial charge on any atom is 0.164 e. The van der Waals surface area contributed by atoms with Crippen molar-refractivity contribution < 1.29 is 0 Å². The Bertz CT molecular complexity index is 844. The number of hydrogen-bond donors (Lipinski definition) is 2. The van der Waals surface area contributed by atoms with E-state index in [1.807, 2.05) is 19.2 Å². The predicted molar refractivity (Wildman–Crippen MR) is 102 cm³/mol. The Balaban J connectivity index is 0.000000150. The summed E-state index contributed by atoms with van der Waals surface area (Å²) >= 11 is 6.54. The second kappa shape index (κ2) is 7.58. The molecule has 0 atom stereocenters. The maximum absolute atomic E-state index is 4.25. The Morgan fingerprint density at radius 1 is 1.21 bits per heavy atom. The first-order valence-corrected chi connectivity index (χ1v) is 9.22. The highest BCUT2D eigenvalue weighted by Crippen LogP contribution is 2.39. The van der Waals surface area contributed by atoms with Crippen LogP contribution in [0.25, 0.3) is 5.65 Å². The van der Waals surface area contributed by atoms with E-state index in [4.69, 9.17) is 0 Å². The van der Waals surface area contributed by atoms with Crippen molar-refractivity contribution in [3.8, 4) is 0 Å². The molecule has 0 spiro atoms. The third kappa shape index (κ3) is 3.76. The van der Waals surface area contributed by atoms with Gasteiger partial charge in [0.2, 0.25) is 0 Å². The van der Waals surface area contributed by atoms with Gasteiger partial charge in [-0.25, -0.2) is 0 Å². The van der Waals surface area contributed by atoms with Crippen molar-refractivity contribution in [1.29, 1.82) is 0 Å². The summed E-state index contributed by atoms with van der Waals surface area (Å²) in [6, 6.07) is 3.95. The van der Waals surface area contributed by atoms with Crippen LogP contribution in [-0.2, 0) is 0 Å². The lowest BCUT2D eigenvalue weighted by Crippen LogP contribution is -2.08. The van der Waals surface area contributed by atoms with E-state index in [0.717, 1.165) is 32.8 Å². The molecule has 1 aliphatic rings. The van der Waals surface area contributed by atoms with Gasteiger partial charge >= 0.3 is 0 Å². The zero-order valence-electron chi connectivity index (χ0n) is 13.4. The molecular formula is C16H18Br2N6. The first kappa shape index (κ1) is 17.3. The van der Waals surface area contributed by atoms with Crippen LogP contribution in [0.5, 0.6) is 0 Å². The molecule has 0 amide bonds. The monoisotopic (exact) mass is 452 g/mol. The first-order chi connectivity index (χ1) is 11.6. The maximum atomic E-state index is 4.25. The number of hydrogen-bond acceptors (Lipinski definition) is 5. The van der Waals surface area contributed by atoms with Crippen molar-refractivity contribution in [3.05, 3.63) is 52.1 Å². The number of nitrogens with zero attached hydrogens (tertiary/aromatic N) is 4. The molecule has 1 fully saturated rings. The summed E-state index contributed by atoms with van der Waals surface area (Å²) in [6.45, 7) is 4.05. The Labute approximate surface area is 157 Å². The topological polar surface area (TPSA) is 67.1 Å². The average Bonchev–Trinajstić information content (AvgIpc) is 3.33. The van der Waals surface area contributed by atoms with Gasteiger partial charge in [0.05, 0.1) is 5.69 Å². The molecule has 1 aliphatic carbocycles. The highest BCUT2D eigenvalue weighted by atomic mass is 79.9. The largest absolute Gasteiger partial charge is 0.311 e. The number of pyridine rings is 2. The normalized spacial score (nSPS) is 13.5. The van der Waals surface area contributed by atoms with Crippen LogP contribution in [0.4, 0.5) is 5.69 Å². The molecule has 0 unspecified atom stereocenters. The second-order valence-corrected chi connectivity index (χ2v) is 6.98. The Hall–Kier alpha value is -1.51. The molecule has 0 aromatic carbocycles. The smallest absolute Gasteiger partial charge is 0.164 e. The number of aromatic nitrogens is 4. The number of anilines is 1. The molecule has 2 N–H and O–H groups in total. The molecule has 6 nitrogen and oxygen atoms in total. The van der Waals surface area contributed by atoms with Crippen LogP contribution in [0, 0.1) is 13.8 Å². The zero-order valence-corrected chi connectivity index (χ0v) is 16.6. The molecule has 0 saturated heterocycles. The second-order valence-electron chi connectivity index (χ2n) is 5.72. The summed E-state index contributed by atoms with van der Waals surface area (Å²) in [5, 5.41) is 8.47. The Morgan fingerprint density at radius 2 is 2.00 bits per heavy atom. The van der Waals surface area contributed by atoms with Gasteiger partial charge < -0.3 is 5.43 Å². The van der Waals surface area contributed by atoms with Crippen LogP contribution < -0.4 is 9.88 Å². The molecule has 126 valence electrons. The number of hydrazine groups is 1. The van der Waals surface area contributed by atoms with Gasteiger partial charge in [-0.15, -0.1) is 10.2 Å². The van der Waals surface area contributed by atoms with Gasteiger partial charge in [-0.3, -0.25) is 9.38 Å². The third-order valence-corrected chi connectivity index (χ3v) is 4.99. The predicted octanol–water partition coefficient (Wildman–Crippen LogP) is 4.29. The summed E-state index contributed by atoms with van der Waals surface area (Å²) in [4.78, 5) is 3.94.